The summed E-state index contributed by atoms with van der Waals surface area (Å²) in [6.07, 6.45) is 3.36. The van der Waals surface area contributed by atoms with Crippen molar-refractivity contribution < 1.29 is 14.3 Å². The van der Waals surface area contributed by atoms with E-state index in [2.05, 4.69) is 34.5 Å². The highest BCUT2D eigenvalue weighted by Gasteiger charge is 2.31. The van der Waals surface area contributed by atoms with Crippen LogP contribution in [-0.4, -0.2) is 50.8 Å². The van der Waals surface area contributed by atoms with Gasteiger partial charge in [0.05, 0.1) is 19.3 Å². The van der Waals surface area contributed by atoms with Crippen LogP contribution in [0.3, 0.4) is 0 Å². The first-order valence-corrected chi connectivity index (χ1v) is 11.2. The van der Waals surface area contributed by atoms with Gasteiger partial charge in [-0.15, -0.1) is 10.2 Å². The number of ether oxygens (including phenoxy) is 2. The number of carbonyl (C=O) groups is 1. The zero-order chi connectivity index (χ0) is 21.9. The number of aryl methyl sites for hydroxylation is 1. The highest BCUT2D eigenvalue weighted by molar-refractivity contribution is 5.76. The fraction of sp³-hybridized carbons (Fsp3) is 0.417. The molecule has 1 atom stereocenters. The normalized spacial score (nSPS) is 17.9. The third-order valence-corrected chi connectivity index (χ3v) is 6.11. The number of aromatic nitrogens is 4. The summed E-state index contributed by atoms with van der Waals surface area (Å²) in [5, 5.41) is 12.7. The van der Waals surface area contributed by atoms with Gasteiger partial charge in [-0.1, -0.05) is 30.3 Å². The lowest BCUT2D eigenvalue weighted by Crippen LogP contribution is -2.34. The van der Waals surface area contributed by atoms with Crippen LogP contribution in [0.4, 0.5) is 0 Å². The van der Waals surface area contributed by atoms with Gasteiger partial charge in [0.1, 0.15) is 6.54 Å². The van der Waals surface area contributed by atoms with Gasteiger partial charge >= 0.3 is 0 Å². The number of benzene rings is 2. The molecule has 5 rings (SSSR count). The highest BCUT2D eigenvalue weighted by Crippen LogP contribution is 2.38. The molecule has 3 heterocycles. The van der Waals surface area contributed by atoms with Crippen LogP contribution >= 0.6 is 0 Å². The van der Waals surface area contributed by atoms with E-state index in [-0.39, 0.29) is 18.5 Å². The predicted molar refractivity (Wildman–Crippen MR) is 118 cm³/mol. The number of tetrazole rings is 1. The Kier molecular flexibility index (Phi) is 5.75. The lowest BCUT2D eigenvalue weighted by atomic mass is 10.0. The van der Waals surface area contributed by atoms with Gasteiger partial charge in [0.2, 0.25) is 5.91 Å². The molecule has 8 heteroatoms. The van der Waals surface area contributed by atoms with Crippen molar-refractivity contribution in [3.8, 4) is 11.5 Å². The molecular formula is C24H27N5O3. The molecule has 1 unspecified atom stereocenters. The Morgan fingerprint density at radius 1 is 1.09 bits per heavy atom. The number of carbonyl (C=O) groups excluding carboxylic acids is 1. The summed E-state index contributed by atoms with van der Waals surface area (Å²) in [4.78, 5) is 16.4. The summed E-state index contributed by atoms with van der Waals surface area (Å²) in [5.41, 5.74) is 3.43. The summed E-state index contributed by atoms with van der Waals surface area (Å²) in [5.74, 6) is 2.15. The lowest BCUT2D eigenvalue weighted by Gasteiger charge is -2.25. The van der Waals surface area contributed by atoms with E-state index in [1.165, 1.54) is 10.4 Å². The van der Waals surface area contributed by atoms with E-state index in [0.29, 0.717) is 25.5 Å². The van der Waals surface area contributed by atoms with Crippen LogP contribution in [0, 0.1) is 6.92 Å². The average molecular weight is 434 g/mol. The second-order valence-corrected chi connectivity index (χ2v) is 8.34. The van der Waals surface area contributed by atoms with Crippen molar-refractivity contribution in [1.29, 1.82) is 0 Å². The van der Waals surface area contributed by atoms with E-state index in [4.69, 9.17) is 9.47 Å². The minimum Gasteiger partial charge on any atom is -0.490 e. The first kappa shape index (κ1) is 20.5. The standard InChI is InChI=1S/C24H27N5O3/c1-17-6-2-3-7-18(17)15-23-25-27-29(26-23)16-24(30)28-11-4-8-20(28)19-9-10-21-22(14-19)32-13-5-12-31-21/h2-3,6-7,9-10,14,20H,4-5,8,11-13,15-16H2,1H3. The summed E-state index contributed by atoms with van der Waals surface area (Å²) in [6.45, 7) is 4.19. The van der Waals surface area contributed by atoms with E-state index in [1.54, 1.807) is 0 Å². The molecule has 0 N–H and O–H groups in total. The van der Waals surface area contributed by atoms with Crippen LogP contribution in [0.1, 0.15) is 47.8 Å². The first-order valence-electron chi connectivity index (χ1n) is 11.2. The van der Waals surface area contributed by atoms with E-state index in [1.807, 2.05) is 35.2 Å². The van der Waals surface area contributed by atoms with Crippen molar-refractivity contribution in [2.45, 2.75) is 45.2 Å². The quantitative estimate of drug-likeness (QED) is 0.615. The van der Waals surface area contributed by atoms with Crippen LogP contribution in [0.25, 0.3) is 0 Å². The molecule has 0 radical (unpaired) electrons. The van der Waals surface area contributed by atoms with Crippen LogP contribution in [0.15, 0.2) is 42.5 Å². The molecule has 1 amide bonds. The Bertz CT molecular complexity index is 1110. The molecule has 32 heavy (non-hydrogen) atoms. The zero-order valence-corrected chi connectivity index (χ0v) is 18.2. The van der Waals surface area contributed by atoms with Crippen molar-refractivity contribution in [3.05, 3.63) is 65.0 Å². The Morgan fingerprint density at radius 3 is 2.81 bits per heavy atom. The molecule has 1 saturated heterocycles. The van der Waals surface area contributed by atoms with Gasteiger partial charge < -0.3 is 14.4 Å². The summed E-state index contributed by atoms with van der Waals surface area (Å²) in [7, 11) is 0. The molecule has 0 bridgehead atoms. The molecule has 1 aromatic heterocycles. The zero-order valence-electron chi connectivity index (χ0n) is 18.2. The van der Waals surface area contributed by atoms with Crippen LogP contribution in [0.5, 0.6) is 11.5 Å². The van der Waals surface area contributed by atoms with Gasteiger partial charge in [0.25, 0.3) is 0 Å². The number of hydrogen-bond acceptors (Lipinski definition) is 6. The van der Waals surface area contributed by atoms with E-state index in [0.717, 1.165) is 48.4 Å². The van der Waals surface area contributed by atoms with Crippen molar-refractivity contribution in [3.63, 3.8) is 0 Å². The van der Waals surface area contributed by atoms with Crippen molar-refractivity contribution in [2.24, 2.45) is 0 Å². The minimum absolute atomic E-state index is 0.000507. The Morgan fingerprint density at radius 2 is 1.94 bits per heavy atom. The number of fused-ring (bicyclic) bond motifs is 1. The van der Waals surface area contributed by atoms with Crippen LogP contribution < -0.4 is 9.47 Å². The number of amides is 1. The fourth-order valence-electron chi connectivity index (χ4n) is 4.40. The Hall–Kier alpha value is -3.42. The summed E-state index contributed by atoms with van der Waals surface area (Å²) in [6, 6.07) is 14.2. The average Bonchev–Trinajstić information content (AvgIpc) is 3.39. The van der Waals surface area contributed by atoms with Crippen molar-refractivity contribution in [1.82, 2.24) is 25.1 Å². The number of rotatable bonds is 5. The third-order valence-electron chi connectivity index (χ3n) is 6.11. The molecular weight excluding hydrogens is 406 g/mol. The second kappa shape index (κ2) is 8.98. The number of hydrogen-bond donors (Lipinski definition) is 0. The molecule has 2 aliphatic heterocycles. The fourth-order valence-corrected chi connectivity index (χ4v) is 4.40. The third kappa shape index (κ3) is 4.30. The molecule has 166 valence electrons. The van der Waals surface area contributed by atoms with Crippen molar-refractivity contribution >= 4 is 5.91 Å². The lowest BCUT2D eigenvalue weighted by molar-refractivity contribution is -0.133. The molecule has 3 aromatic rings. The predicted octanol–water partition coefficient (Wildman–Crippen LogP) is 3.10. The number of likely N-dealkylation sites (tertiary alicyclic amines) is 1. The second-order valence-electron chi connectivity index (χ2n) is 8.34. The van der Waals surface area contributed by atoms with E-state index < -0.39 is 0 Å². The van der Waals surface area contributed by atoms with Crippen LogP contribution in [-0.2, 0) is 17.8 Å². The van der Waals surface area contributed by atoms with E-state index in [9.17, 15) is 4.79 Å². The molecule has 8 nitrogen and oxygen atoms in total. The van der Waals surface area contributed by atoms with Gasteiger partial charge in [-0.25, -0.2) is 0 Å². The SMILES string of the molecule is Cc1ccccc1Cc1nnn(CC(=O)N2CCCC2c2ccc3c(c2)OCCCO3)n1. The minimum atomic E-state index is -0.000507. The number of nitrogens with zero attached hydrogens (tertiary/aromatic N) is 5. The van der Waals surface area contributed by atoms with Gasteiger partial charge in [-0.05, 0) is 53.8 Å². The molecule has 1 fully saturated rings. The van der Waals surface area contributed by atoms with Gasteiger partial charge in [0.15, 0.2) is 17.3 Å². The molecule has 2 aliphatic rings. The smallest absolute Gasteiger partial charge is 0.246 e. The van der Waals surface area contributed by atoms with Crippen molar-refractivity contribution in [2.75, 3.05) is 19.8 Å². The van der Waals surface area contributed by atoms with Gasteiger partial charge in [-0.2, -0.15) is 4.80 Å². The Balaban J connectivity index is 1.27. The summed E-state index contributed by atoms with van der Waals surface area (Å²) >= 11 is 0. The van der Waals surface area contributed by atoms with Gasteiger partial charge in [-0.3, -0.25) is 4.79 Å². The Labute approximate surface area is 187 Å². The molecule has 2 aromatic carbocycles. The first-order chi connectivity index (χ1) is 15.7. The maximum atomic E-state index is 13.1. The molecule has 0 spiro atoms. The maximum absolute atomic E-state index is 13.1. The largest absolute Gasteiger partial charge is 0.490 e. The van der Waals surface area contributed by atoms with Gasteiger partial charge in [0, 0.05) is 19.4 Å². The van der Waals surface area contributed by atoms with Crippen LogP contribution in [0.2, 0.25) is 0 Å². The molecule has 0 saturated carbocycles. The van der Waals surface area contributed by atoms with E-state index >= 15 is 0 Å². The highest BCUT2D eigenvalue weighted by atomic mass is 16.5. The maximum Gasteiger partial charge on any atom is 0.246 e. The monoisotopic (exact) mass is 433 g/mol. The summed E-state index contributed by atoms with van der Waals surface area (Å²) < 4.78 is 11.6. The molecule has 0 aliphatic carbocycles. The topological polar surface area (TPSA) is 82.4 Å².